The van der Waals surface area contributed by atoms with Crippen molar-refractivity contribution in [1.29, 1.82) is 0 Å². The molecule has 4 heterocycles. The number of amides is 6. The molecule has 24 heteroatoms. The van der Waals surface area contributed by atoms with Gasteiger partial charge in [0.25, 0.3) is 5.56 Å². The molecule has 0 radical (unpaired) electrons. The first-order valence-electron chi connectivity index (χ1n) is 31.1. The summed E-state index contributed by atoms with van der Waals surface area (Å²) in [6.45, 7) is 16.4. The number of hydrogen-bond donors (Lipinski definition) is 6. The molecular formula is C65H90FN9O14. The van der Waals surface area contributed by atoms with Crippen LogP contribution in [0.25, 0.3) is 22.3 Å². The molecule has 6 amide bonds. The number of unbranched alkanes of at least 4 members (excludes halogenated alkanes) is 1. The summed E-state index contributed by atoms with van der Waals surface area (Å²) in [7, 11) is 2.97. The molecule has 89 heavy (non-hydrogen) atoms. The molecule has 7 N–H and O–H groups in total. The van der Waals surface area contributed by atoms with Crippen molar-refractivity contribution >= 4 is 58.2 Å². The van der Waals surface area contributed by atoms with Gasteiger partial charge in [-0.1, -0.05) is 46.8 Å². The van der Waals surface area contributed by atoms with Crippen molar-refractivity contribution in [2.75, 3.05) is 65.1 Å². The number of aromatic nitrogens is 2. The Morgan fingerprint density at radius 2 is 1.57 bits per heavy atom. The van der Waals surface area contributed by atoms with Gasteiger partial charge >= 0.3 is 12.1 Å². The van der Waals surface area contributed by atoms with Crippen LogP contribution in [0.15, 0.2) is 41.2 Å². The van der Waals surface area contributed by atoms with E-state index >= 15 is 4.39 Å². The number of fused-ring (bicyclic) bond motifs is 5. The number of cyclic esters (lactones) is 1. The molecule has 0 fully saturated rings. The molecule has 486 valence electrons. The van der Waals surface area contributed by atoms with E-state index in [0.717, 1.165) is 25.0 Å². The third-order valence-electron chi connectivity index (χ3n) is 17.0. The number of aryl methyl sites for hydroxylation is 1. The van der Waals surface area contributed by atoms with Gasteiger partial charge in [0.05, 0.1) is 73.6 Å². The lowest BCUT2D eigenvalue weighted by molar-refractivity contribution is -0.172. The molecular weight excluding hydrogens is 1150 g/mol. The number of anilines is 1. The number of hydrogen-bond acceptors (Lipinski definition) is 16. The third kappa shape index (κ3) is 17.1. The van der Waals surface area contributed by atoms with Crippen LogP contribution in [-0.4, -0.2) is 146 Å². The largest absolute Gasteiger partial charge is 0.458 e. The highest BCUT2D eigenvalue weighted by molar-refractivity contribution is 5.98. The SMILES string of the molecule is CC[C@@]1(O)C(=O)OCc2c1cc1n(c2=O)Cc2c-1nc1cc(F)c(C)c3c1c2[C@@H](NC(=O)OCc1ccc(N(C)C(=O)CN(C)C(=O)CNC(=O)[C@@H](CCCCN)NC(=O)[C@H](NC(=O)CCC(C)OCCOC(C)CCOCCC(C)C)C(C)C)cc1)CC3. The van der Waals surface area contributed by atoms with Crippen molar-refractivity contribution in [2.45, 2.75) is 175 Å². The molecule has 0 spiro atoms. The number of likely N-dealkylation sites (N-methyl/N-ethyl adjacent to an activating group) is 2. The maximum atomic E-state index is 15.5. The zero-order valence-electron chi connectivity index (χ0n) is 53.1. The Labute approximate surface area is 519 Å². The van der Waals surface area contributed by atoms with Crippen molar-refractivity contribution in [2.24, 2.45) is 17.6 Å². The first-order valence-corrected chi connectivity index (χ1v) is 31.1. The number of ether oxygens (including phenoxy) is 5. The lowest BCUT2D eigenvalue weighted by Crippen LogP contribution is -2.56. The van der Waals surface area contributed by atoms with E-state index in [2.05, 4.69) is 35.1 Å². The maximum Gasteiger partial charge on any atom is 0.407 e. The number of nitrogens with two attached hydrogens (primary N) is 1. The van der Waals surface area contributed by atoms with Crippen LogP contribution in [0.1, 0.15) is 151 Å². The smallest absolute Gasteiger partial charge is 0.407 e. The van der Waals surface area contributed by atoms with E-state index in [1.54, 1.807) is 65.1 Å². The molecule has 6 atom stereocenters. The first kappa shape index (κ1) is 69.1. The van der Waals surface area contributed by atoms with Gasteiger partial charge in [-0.15, -0.1) is 0 Å². The van der Waals surface area contributed by atoms with Crippen LogP contribution in [0, 0.1) is 24.6 Å². The monoisotopic (exact) mass is 1240 g/mol. The first-order chi connectivity index (χ1) is 42.4. The number of rotatable bonds is 32. The summed E-state index contributed by atoms with van der Waals surface area (Å²) in [4.78, 5) is 115. The highest BCUT2D eigenvalue weighted by Crippen LogP contribution is 2.46. The second-order valence-electron chi connectivity index (χ2n) is 24.3. The Hall–Kier alpha value is -7.38. The van der Waals surface area contributed by atoms with Crippen LogP contribution in [0.4, 0.5) is 14.9 Å². The number of halogens is 1. The molecule has 2 aliphatic heterocycles. The summed E-state index contributed by atoms with van der Waals surface area (Å²) < 4.78 is 45.3. The summed E-state index contributed by atoms with van der Waals surface area (Å²) in [6, 6.07) is 6.98. The Morgan fingerprint density at radius 3 is 2.25 bits per heavy atom. The van der Waals surface area contributed by atoms with Gasteiger partial charge in [-0.2, -0.15) is 0 Å². The number of carbonyl (C=O) groups excluding carboxylic acids is 7. The van der Waals surface area contributed by atoms with E-state index in [1.807, 2.05) is 13.8 Å². The minimum absolute atomic E-state index is 0.0229. The number of benzene rings is 2. The van der Waals surface area contributed by atoms with Gasteiger partial charge in [0.15, 0.2) is 5.60 Å². The normalized spacial score (nSPS) is 17.0. The van der Waals surface area contributed by atoms with E-state index in [0.29, 0.717) is 115 Å². The molecule has 0 bridgehead atoms. The van der Waals surface area contributed by atoms with Crippen LogP contribution >= 0.6 is 0 Å². The summed E-state index contributed by atoms with van der Waals surface area (Å²) in [6.07, 6.45) is 3.43. The fourth-order valence-corrected chi connectivity index (χ4v) is 11.3. The van der Waals surface area contributed by atoms with Gasteiger partial charge in [-0.3, -0.25) is 28.8 Å². The molecule has 2 unspecified atom stereocenters. The molecule has 23 nitrogen and oxygen atoms in total. The van der Waals surface area contributed by atoms with E-state index in [9.17, 15) is 43.5 Å². The van der Waals surface area contributed by atoms with Crippen LogP contribution < -0.4 is 37.5 Å². The molecule has 7 rings (SSSR count). The second-order valence-corrected chi connectivity index (χ2v) is 24.3. The van der Waals surface area contributed by atoms with Crippen molar-refractivity contribution in [1.82, 2.24) is 35.7 Å². The zero-order valence-corrected chi connectivity index (χ0v) is 53.1. The molecule has 2 aromatic carbocycles. The average molecular weight is 1240 g/mol. The minimum atomic E-state index is -2.04. The van der Waals surface area contributed by atoms with Crippen LogP contribution in [0.3, 0.4) is 0 Å². The fourth-order valence-electron chi connectivity index (χ4n) is 11.3. The average Bonchev–Trinajstić information content (AvgIpc) is 1.64. The topological polar surface area (TPSA) is 301 Å². The minimum Gasteiger partial charge on any atom is -0.458 e. The number of nitrogens with zero attached hydrogens (tertiary/aromatic N) is 4. The molecule has 0 saturated heterocycles. The van der Waals surface area contributed by atoms with Crippen molar-refractivity contribution in [3.8, 4) is 11.4 Å². The molecule has 3 aliphatic rings. The van der Waals surface area contributed by atoms with Crippen molar-refractivity contribution < 1.29 is 66.7 Å². The highest BCUT2D eigenvalue weighted by Gasteiger charge is 2.46. The third-order valence-corrected chi connectivity index (χ3v) is 17.0. The van der Waals surface area contributed by atoms with E-state index in [-0.39, 0.29) is 80.7 Å². The lowest BCUT2D eigenvalue weighted by atomic mass is 9.81. The number of nitrogens with one attached hydrogen (secondary N) is 4. The fraction of sp³-hybridized carbons (Fsp3) is 0.585. The summed E-state index contributed by atoms with van der Waals surface area (Å²) in [5.41, 5.74) is 8.18. The second kappa shape index (κ2) is 31.4. The molecule has 0 saturated carbocycles. The van der Waals surface area contributed by atoms with Gasteiger partial charge in [0.1, 0.15) is 31.1 Å². The number of pyridine rings is 2. The predicted molar refractivity (Wildman–Crippen MR) is 331 cm³/mol. The van der Waals surface area contributed by atoms with Crippen LogP contribution in [0.2, 0.25) is 0 Å². The van der Waals surface area contributed by atoms with Gasteiger partial charge in [0, 0.05) is 62.0 Å². The Bertz CT molecular complexity index is 3280. The Morgan fingerprint density at radius 1 is 0.876 bits per heavy atom. The summed E-state index contributed by atoms with van der Waals surface area (Å²) >= 11 is 0. The number of carbonyl (C=O) groups is 7. The van der Waals surface area contributed by atoms with Crippen LogP contribution in [-0.2, 0) is 84.2 Å². The number of aliphatic hydroxyl groups is 1. The van der Waals surface area contributed by atoms with Gasteiger partial charge in [-0.05, 0) is 137 Å². The van der Waals surface area contributed by atoms with Gasteiger partial charge < -0.3 is 70.2 Å². The molecule has 4 aromatic rings. The van der Waals surface area contributed by atoms with Gasteiger partial charge in [-0.25, -0.2) is 19.0 Å². The standard InChI is InChI=1S/C65H90FN9O14/c1-11-65(84)47-30-52-59-45(33-75(52)62(81)46(47)36-88-63(65)82)57-49(21-20-44-41(8)48(66)31-51(69-59)56(44)57)71-64(83)89-35-42-16-18-43(19-17-42)74(10)55(78)34-73(9)54(77)32-68-60(79)50(14-12-13-25-67)70-61(80)58(38(4)5)72-53(76)22-15-39(6)86-28-29-87-40(7)24-27-85-26-23-37(2)3/h16-19,30-31,37-40,49-50,58,84H,11-15,20-29,32-36,67H2,1-10H3,(H,68,79)(H,70,80)(H,71,83)(H,72,76)/t39?,40?,49-,50+,58+,65-/m0/s1. The molecule has 1 aliphatic carbocycles. The Balaban J connectivity index is 0.873. The van der Waals surface area contributed by atoms with Crippen molar-refractivity contribution in [3.63, 3.8) is 0 Å². The Kier molecular flexibility index (Phi) is 24.4. The lowest BCUT2D eigenvalue weighted by Gasteiger charge is -2.31. The van der Waals surface area contributed by atoms with E-state index < -0.39 is 77.3 Å². The maximum absolute atomic E-state index is 15.5. The van der Waals surface area contributed by atoms with Gasteiger partial charge in [0.2, 0.25) is 29.5 Å². The van der Waals surface area contributed by atoms with E-state index in [4.69, 9.17) is 34.4 Å². The summed E-state index contributed by atoms with van der Waals surface area (Å²) in [5.74, 6) is -3.57. The zero-order chi connectivity index (χ0) is 64.9. The number of alkyl carbamates (subject to hydrolysis) is 1. The quantitative estimate of drug-likeness (QED) is 0.0220. The van der Waals surface area contributed by atoms with Crippen molar-refractivity contribution in [3.05, 3.63) is 91.5 Å². The predicted octanol–water partition coefficient (Wildman–Crippen LogP) is 5.78. The highest BCUT2D eigenvalue weighted by atomic mass is 19.1. The van der Waals surface area contributed by atoms with E-state index in [1.165, 1.54) is 27.5 Å². The number of esters is 1. The molecule has 2 aromatic heterocycles. The van der Waals surface area contributed by atoms with Crippen LogP contribution in [0.5, 0.6) is 0 Å². The summed E-state index contributed by atoms with van der Waals surface area (Å²) in [5, 5.41) is 23.3.